The molecule has 0 bridgehead atoms. The van der Waals surface area contributed by atoms with Gasteiger partial charge in [-0.05, 0) is 62.1 Å². The Hall–Kier alpha value is -2.43. The number of benzene rings is 2. The normalized spacial score (nSPS) is 12.0. The van der Waals surface area contributed by atoms with Crippen molar-refractivity contribution in [1.82, 2.24) is 4.98 Å². The summed E-state index contributed by atoms with van der Waals surface area (Å²) in [6.07, 6.45) is -4.57. The van der Waals surface area contributed by atoms with Crippen molar-refractivity contribution < 1.29 is 17.6 Å². The van der Waals surface area contributed by atoms with Crippen LogP contribution in [0.5, 0.6) is 0 Å². The molecular weight excluding hydrogens is 366 g/mol. The van der Waals surface area contributed by atoms with Gasteiger partial charge < -0.3 is 0 Å². The van der Waals surface area contributed by atoms with Gasteiger partial charge >= 0.3 is 6.18 Å². The Labute approximate surface area is 162 Å². The third kappa shape index (κ3) is 4.51. The number of aromatic nitrogens is 1. The molecule has 3 rings (SSSR count). The van der Waals surface area contributed by atoms with E-state index in [1.54, 1.807) is 0 Å². The van der Waals surface area contributed by atoms with E-state index in [-0.39, 0.29) is 12.0 Å². The molecular formula is C23H23F4N. The molecule has 28 heavy (non-hydrogen) atoms. The molecule has 5 heteroatoms. The van der Waals surface area contributed by atoms with Crippen LogP contribution in [-0.2, 0) is 12.8 Å². The zero-order chi connectivity index (χ0) is 20.5. The zero-order valence-electron chi connectivity index (χ0n) is 16.3. The van der Waals surface area contributed by atoms with Gasteiger partial charge in [0.25, 0.3) is 0 Å². The smallest absolute Gasteiger partial charge is 0.248 e. The largest absolute Gasteiger partial charge is 0.389 e. The summed E-state index contributed by atoms with van der Waals surface area (Å²) in [4.78, 5) is 4.67. The first-order valence-electron chi connectivity index (χ1n) is 9.44. The second kappa shape index (κ2) is 7.90. The third-order valence-corrected chi connectivity index (χ3v) is 4.80. The highest BCUT2D eigenvalue weighted by Crippen LogP contribution is 2.31. The van der Waals surface area contributed by atoms with Crippen LogP contribution in [0.4, 0.5) is 17.6 Å². The predicted octanol–water partition coefficient (Wildman–Crippen LogP) is 7.11. The first kappa shape index (κ1) is 20.3. The van der Waals surface area contributed by atoms with Gasteiger partial charge in [-0.15, -0.1) is 0 Å². The van der Waals surface area contributed by atoms with E-state index in [4.69, 9.17) is 0 Å². The van der Waals surface area contributed by atoms with Gasteiger partial charge in [-0.25, -0.2) is 9.37 Å². The van der Waals surface area contributed by atoms with Gasteiger partial charge in [-0.1, -0.05) is 36.6 Å². The number of pyridine rings is 1. The molecule has 0 spiro atoms. The molecule has 0 amide bonds. The fourth-order valence-corrected chi connectivity index (χ4v) is 3.62. The first-order chi connectivity index (χ1) is 13.2. The zero-order valence-corrected chi connectivity index (χ0v) is 16.3. The number of hydrogen-bond donors (Lipinski definition) is 0. The molecule has 0 fully saturated rings. The average Bonchev–Trinajstić information content (AvgIpc) is 2.60. The van der Waals surface area contributed by atoms with Crippen molar-refractivity contribution in [2.24, 2.45) is 0 Å². The summed E-state index contributed by atoms with van der Waals surface area (Å²) in [6.45, 7) is 5.92. The summed E-state index contributed by atoms with van der Waals surface area (Å²) < 4.78 is 52.9. The van der Waals surface area contributed by atoms with Gasteiger partial charge in [0.1, 0.15) is 5.82 Å². The van der Waals surface area contributed by atoms with Gasteiger partial charge in [0.2, 0.25) is 0 Å². The Balaban J connectivity index is 2.13. The van der Waals surface area contributed by atoms with Crippen LogP contribution >= 0.6 is 0 Å². The molecule has 0 saturated heterocycles. The molecule has 0 aliphatic rings. The van der Waals surface area contributed by atoms with Crippen LogP contribution in [0.3, 0.4) is 0 Å². The van der Waals surface area contributed by atoms with E-state index < -0.39 is 18.4 Å². The minimum atomic E-state index is -4.32. The molecule has 2 aromatic carbocycles. The monoisotopic (exact) mass is 389 g/mol. The van der Waals surface area contributed by atoms with Crippen LogP contribution < -0.4 is 0 Å². The first-order valence-corrected chi connectivity index (χ1v) is 9.44. The molecule has 148 valence electrons. The molecule has 0 saturated carbocycles. The van der Waals surface area contributed by atoms with Crippen molar-refractivity contribution in [3.05, 3.63) is 64.5 Å². The molecule has 0 aliphatic heterocycles. The van der Waals surface area contributed by atoms with Gasteiger partial charge in [-0.3, -0.25) is 0 Å². The van der Waals surface area contributed by atoms with Crippen LogP contribution in [0.1, 0.15) is 42.0 Å². The van der Waals surface area contributed by atoms with E-state index in [2.05, 4.69) is 11.1 Å². The lowest BCUT2D eigenvalue weighted by Gasteiger charge is -2.14. The molecule has 0 unspecified atom stereocenters. The summed E-state index contributed by atoms with van der Waals surface area (Å²) >= 11 is 0. The minimum absolute atomic E-state index is 0.0818. The van der Waals surface area contributed by atoms with Crippen LogP contribution in [-0.4, -0.2) is 11.2 Å². The van der Waals surface area contributed by atoms with Crippen LogP contribution in [0, 0.1) is 19.7 Å². The predicted molar refractivity (Wildman–Crippen MR) is 105 cm³/mol. The van der Waals surface area contributed by atoms with Crippen molar-refractivity contribution in [3.8, 4) is 11.3 Å². The van der Waals surface area contributed by atoms with Gasteiger partial charge in [0, 0.05) is 17.4 Å². The van der Waals surface area contributed by atoms with Crippen molar-refractivity contribution in [2.45, 2.75) is 52.6 Å². The number of nitrogens with zero attached hydrogens (tertiary/aromatic N) is 1. The molecule has 0 atom stereocenters. The Kier molecular flexibility index (Phi) is 5.73. The van der Waals surface area contributed by atoms with E-state index in [1.165, 1.54) is 6.07 Å². The number of aryl methyl sites for hydroxylation is 4. The van der Waals surface area contributed by atoms with Crippen LogP contribution in [0.2, 0.25) is 0 Å². The Morgan fingerprint density at radius 3 is 2.21 bits per heavy atom. The Morgan fingerprint density at radius 1 is 0.929 bits per heavy atom. The van der Waals surface area contributed by atoms with Gasteiger partial charge in [0.15, 0.2) is 0 Å². The fourth-order valence-electron chi connectivity index (χ4n) is 3.62. The van der Waals surface area contributed by atoms with E-state index in [0.717, 1.165) is 22.4 Å². The van der Waals surface area contributed by atoms with Crippen LogP contribution in [0.15, 0.2) is 36.4 Å². The van der Waals surface area contributed by atoms with Crippen molar-refractivity contribution in [3.63, 3.8) is 0 Å². The summed E-state index contributed by atoms with van der Waals surface area (Å²) in [7, 11) is 0. The summed E-state index contributed by atoms with van der Waals surface area (Å²) in [5.41, 5.74) is 4.96. The fraction of sp³-hybridized carbons (Fsp3) is 0.348. The van der Waals surface area contributed by atoms with Gasteiger partial charge in [-0.2, -0.15) is 13.2 Å². The molecule has 0 aliphatic carbocycles. The van der Waals surface area contributed by atoms with E-state index in [1.807, 2.05) is 45.0 Å². The lowest BCUT2D eigenvalue weighted by atomic mass is 9.96. The molecule has 0 N–H and O–H groups in total. The lowest BCUT2D eigenvalue weighted by Crippen LogP contribution is -2.10. The summed E-state index contributed by atoms with van der Waals surface area (Å²) in [5, 5.41) is 0.670. The van der Waals surface area contributed by atoms with Gasteiger partial charge in [0.05, 0.1) is 11.2 Å². The van der Waals surface area contributed by atoms with Crippen molar-refractivity contribution >= 4 is 10.9 Å². The highest BCUT2D eigenvalue weighted by atomic mass is 19.4. The van der Waals surface area contributed by atoms with E-state index in [9.17, 15) is 17.6 Å². The summed E-state index contributed by atoms with van der Waals surface area (Å²) in [5.74, 6) is -0.528. The molecule has 3 aromatic rings. The standard InChI is InChI=1S/C23H23F4N/c1-4-5-19-18-6-7-20(17-11-14(2)10-15(3)12-17)28-21(18)13-16(22(19)24)8-9-23(25,26)27/h6-7,10-13H,4-5,8-9H2,1-3H3. The van der Waals surface area contributed by atoms with Crippen LogP contribution in [0.25, 0.3) is 22.2 Å². The minimum Gasteiger partial charge on any atom is -0.248 e. The lowest BCUT2D eigenvalue weighted by molar-refractivity contribution is -0.134. The number of fused-ring (bicyclic) bond motifs is 1. The molecule has 1 nitrogen and oxygen atoms in total. The second-order valence-corrected chi connectivity index (χ2v) is 7.33. The van der Waals surface area contributed by atoms with Crippen molar-refractivity contribution in [1.29, 1.82) is 0 Å². The molecule has 1 heterocycles. The highest BCUT2D eigenvalue weighted by molar-refractivity contribution is 5.86. The number of halogens is 4. The quantitative estimate of drug-likeness (QED) is 0.424. The SMILES string of the molecule is CCCc1c(F)c(CCC(F)(F)F)cc2nc(-c3cc(C)cc(C)c3)ccc12. The summed E-state index contributed by atoms with van der Waals surface area (Å²) in [6, 6.07) is 11.3. The Bertz CT molecular complexity index is 985. The highest BCUT2D eigenvalue weighted by Gasteiger charge is 2.27. The topological polar surface area (TPSA) is 12.9 Å². The van der Waals surface area contributed by atoms with Crippen molar-refractivity contribution in [2.75, 3.05) is 0 Å². The maximum absolute atomic E-state index is 14.9. The molecule has 1 aromatic heterocycles. The third-order valence-electron chi connectivity index (χ3n) is 4.80. The molecule has 0 radical (unpaired) electrons. The maximum Gasteiger partial charge on any atom is 0.389 e. The number of hydrogen-bond acceptors (Lipinski definition) is 1. The average molecular weight is 389 g/mol. The second-order valence-electron chi connectivity index (χ2n) is 7.33. The van der Waals surface area contributed by atoms with E-state index >= 15 is 0 Å². The number of alkyl halides is 3. The van der Waals surface area contributed by atoms with E-state index in [0.29, 0.717) is 29.3 Å². The maximum atomic E-state index is 14.9. The Morgan fingerprint density at radius 2 is 1.61 bits per heavy atom. The number of rotatable bonds is 5.